The summed E-state index contributed by atoms with van der Waals surface area (Å²) < 4.78 is 41.9. The molecule has 1 unspecified atom stereocenters. The number of rotatable bonds is 6. The van der Waals surface area contributed by atoms with Crippen molar-refractivity contribution < 1.29 is 23.0 Å². The minimum Gasteiger partial charge on any atom is -0.489 e. The number of aliphatic hydroxyl groups excluding tert-OH is 1. The molecule has 0 saturated carbocycles. The van der Waals surface area contributed by atoms with Crippen LogP contribution in [0.25, 0.3) is 0 Å². The molecule has 0 aromatic heterocycles. The monoisotopic (exact) mass is 355 g/mol. The lowest BCUT2D eigenvalue weighted by Gasteiger charge is -2.16. The van der Waals surface area contributed by atoms with E-state index in [-0.39, 0.29) is 5.75 Å². The second-order valence-electron chi connectivity index (χ2n) is 4.67. The zero-order valence-electron chi connectivity index (χ0n) is 11.2. The van der Waals surface area contributed by atoms with Crippen molar-refractivity contribution in [3.8, 4) is 5.75 Å². The average Bonchev–Trinajstić information content (AvgIpc) is 2.33. The highest BCUT2D eigenvalue weighted by Gasteiger charge is 2.38. The van der Waals surface area contributed by atoms with E-state index in [4.69, 9.17) is 9.84 Å². The minimum absolute atomic E-state index is 0.265. The van der Waals surface area contributed by atoms with E-state index in [0.29, 0.717) is 17.1 Å². The van der Waals surface area contributed by atoms with E-state index in [1.165, 1.54) is 0 Å². The maximum atomic E-state index is 12.1. The highest BCUT2D eigenvalue weighted by atomic mass is 79.9. The van der Waals surface area contributed by atoms with E-state index in [2.05, 4.69) is 21.2 Å². The summed E-state index contributed by atoms with van der Waals surface area (Å²) in [7, 11) is 0. The Morgan fingerprint density at radius 3 is 2.50 bits per heavy atom. The molecule has 114 valence electrons. The van der Waals surface area contributed by atoms with Gasteiger partial charge in [-0.25, -0.2) is 0 Å². The highest BCUT2D eigenvalue weighted by Crippen LogP contribution is 2.27. The average molecular weight is 356 g/mol. The molecule has 0 bridgehead atoms. The molecule has 1 aromatic carbocycles. The normalized spacial score (nSPS) is 13.6. The van der Waals surface area contributed by atoms with E-state index in [9.17, 15) is 13.2 Å². The van der Waals surface area contributed by atoms with Crippen molar-refractivity contribution in [1.82, 2.24) is 5.32 Å². The summed E-state index contributed by atoms with van der Waals surface area (Å²) >= 11 is 3.24. The van der Waals surface area contributed by atoms with Crippen molar-refractivity contribution in [2.75, 3.05) is 6.61 Å². The van der Waals surface area contributed by atoms with Crippen LogP contribution in [0.2, 0.25) is 0 Å². The molecule has 1 rings (SSSR count). The van der Waals surface area contributed by atoms with Gasteiger partial charge in [-0.05, 0) is 33.6 Å². The van der Waals surface area contributed by atoms with E-state index in [1.807, 2.05) is 13.8 Å². The summed E-state index contributed by atoms with van der Waals surface area (Å²) in [6, 6.07) is 5.44. The Morgan fingerprint density at radius 1 is 1.35 bits per heavy atom. The van der Waals surface area contributed by atoms with Crippen molar-refractivity contribution in [3.63, 3.8) is 0 Å². The smallest absolute Gasteiger partial charge is 0.417 e. The molecule has 0 fully saturated rings. The Hall–Kier alpha value is -0.790. The van der Waals surface area contributed by atoms with Crippen LogP contribution in [0.1, 0.15) is 19.4 Å². The van der Waals surface area contributed by atoms with Crippen molar-refractivity contribution in [3.05, 3.63) is 28.2 Å². The number of halogens is 4. The number of ether oxygens (including phenoxy) is 1. The summed E-state index contributed by atoms with van der Waals surface area (Å²) in [4.78, 5) is 0. The van der Waals surface area contributed by atoms with Gasteiger partial charge in [-0.1, -0.05) is 19.9 Å². The molecule has 0 spiro atoms. The molecule has 0 amide bonds. The van der Waals surface area contributed by atoms with Gasteiger partial charge in [-0.3, -0.25) is 0 Å². The number of aliphatic hydroxyl groups is 1. The Kier molecular flexibility index (Phi) is 6.29. The second-order valence-corrected chi connectivity index (χ2v) is 5.52. The van der Waals surface area contributed by atoms with Crippen LogP contribution in [-0.4, -0.2) is 30.0 Å². The molecule has 0 saturated heterocycles. The van der Waals surface area contributed by atoms with Crippen LogP contribution in [0.3, 0.4) is 0 Å². The molecular weight excluding hydrogens is 339 g/mol. The van der Waals surface area contributed by atoms with Gasteiger partial charge in [-0.2, -0.15) is 13.2 Å². The Labute approximate surface area is 124 Å². The van der Waals surface area contributed by atoms with Crippen LogP contribution in [0.4, 0.5) is 13.2 Å². The lowest BCUT2D eigenvalue weighted by Crippen LogP contribution is -2.34. The zero-order valence-corrected chi connectivity index (χ0v) is 12.8. The molecule has 20 heavy (non-hydrogen) atoms. The third-order valence-electron chi connectivity index (χ3n) is 2.49. The topological polar surface area (TPSA) is 41.5 Å². The molecule has 3 nitrogen and oxygen atoms in total. The van der Waals surface area contributed by atoms with Gasteiger partial charge in [0.15, 0.2) is 6.10 Å². The first-order chi connectivity index (χ1) is 9.20. The van der Waals surface area contributed by atoms with Crippen molar-refractivity contribution >= 4 is 15.9 Å². The van der Waals surface area contributed by atoms with Crippen LogP contribution < -0.4 is 10.1 Å². The highest BCUT2D eigenvalue weighted by molar-refractivity contribution is 9.10. The Morgan fingerprint density at radius 2 is 2.00 bits per heavy atom. The molecular formula is C13H17BrF3NO2. The standard InChI is InChI=1S/C13H17BrF3NO2/c1-8(2)18-6-9-3-4-11(10(14)5-9)20-7-12(19)13(15,16)17/h3-5,8,12,18-19H,6-7H2,1-2H3. The summed E-state index contributed by atoms with van der Waals surface area (Å²) in [5.74, 6) is 0.265. The molecule has 0 aliphatic rings. The van der Waals surface area contributed by atoms with Gasteiger partial charge in [-0.15, -0.1) is 0 Å². The SMILES string of the molecule is CC(C)NCc1ccc(OCC(O)C(F)(F)F)c(Br)c1. The first-order valence-electron chi connectivity index (χ1n) is 6.09. The quantitative estimate of drug-likeness (QED) is 0.822. The number of alkyl halides is 3. The number of benzene rings is 1. The molecule has 1 atom stereocenters. The molecule has 2 N–H and O–H groups in total. The minimum atomic E-state index is -4.67. The Bertz CT molecular complexity index is 438. The van der Waals surface area contributed by atoms with Crippen molar-refractivity contribution in [2.45, 2.75) is 38.7 Å². The second kappa shape index (κ2) is 7.28. The maximum absolute atomic E-state index is 12.1. The number of hydrogen-bond donors (Lipinski definition) is 2. The van der Waals surface area contributed by atoms with Crippen LogP contribution >= 0.6 is 15.9 Å². The van der Waals surface area contributed by atoms with Gasteiger partial charge in [0.2, 0.25) is 0 Å². The third-order valence-corrected chi connectivity index (χ3v) is 3.10. The third kappa shape index (κ3) is 5.68. The van der Waals surface area contributed by atoms with Gasteiger partial charge >= 0.3 is 6.18 Å². The molecule has 0 heterocycles. The predicted octanol–water partition coefficient (Wildman–Crippen LogP) is 3.25. The predicted molar refractivity (Wildman–Crippen MR) is 73.7 cm³/mol. The van der Waals surface area contributed by atoms with Gasteiger partial charge in [0.1, 0.15) is 12.4 Å². The van der Waals surface area contributed by atoms with Crippen LogP contribution in [0.15, 0.2) is 22.7 Å². The van der Waals surface area contributed by atoms with E-state index in [1.54, 1.807) is 18.2 Å². The summed E-state index contributed by atoms with van der Waals surface area (Å²) in [5, 5.41) is 12.1. The van der Waals surface area contributed by atoms with Crippen LogP contribution in [-0.2, 0) is 6.54 Å². The number of hydrogen-bond acceptors (Lipinski definition) is 3. The summed E-state index contributed by atoms with van der Waals surface area (Å²) in [6.07, 6.45) is -7.16. The van der Waals surface area contributed by atoms with Gasteiger partial charge < -0.3 is 15.2 Å². The molecule has 0 aliphatic carbocycles. The van der Waals surface area contributed by atoms with E-state index < -0.39 is 18.9 Å². The van der Waals surface area contributed by atoms with Gasteiger partial charge in [0, 0.05) is 12.6 Å². The molecule has 0 radical (unpaired) electrons. The van der Waals surface area contributed by atoms with E-state index >= 15 is 0 Å². The zero-order chi connectivity index (χ0) is 15.3. The largest absolute Gasteiger partial charge is 0.489 e. The fourth-order valence-corrected chi connectivity index (χ4v) is 1.90. The van der Waals surface area contributed by atoms with Gasteiger partial charge in [0.05, 0.1) is 4.47 Å². The lowest BCUT2D eigenvalue weighted by atomic mass is 10.2. The summed E-state index contributed by atoms with van der Waals surface area (Å²) in [6.45, 7) is 3.86. The van der Waals surface area contributed by atoms with Gasteiger partial charge in [0.25, 0.3) is 0 Å². The Balaban J connectivity index is 2.60. The van der Waals surface area contributed by atoms with Crippen LogP contribution in [0, 0.1) is 0 Å². The van der Waals surface area contributed by atoms with E-state index in [0.717, 1.165) is 5.56 Å². The van der Waals surface area contributed by atoms with Crippen molar-refractivity contribution in [1.29, 1.82) is 0 Å². The fraction of sp³-hybridized carbons (Fsp3) is 0.538. The summed E-state index contributed by atoms with van der Waals surface area (Å²) in [5.41, 5.74) is 0.981. The molecule has 0 aliphatic heterocycles. The van der Waals surface area contributed by atoms with Crippen molar-refractivity contribution in [2.24, 2.45) is 0 Å². The molecule has 1 aromatic rings. The number of nitrogens with one attached hydrogen (secondary N) is 1. The maximum Gasteiger partial charge on any atom is 0.417 e. The first kappa shape index (κ1) is 17.3. The molecule has 7 heteroatoms. The van der Waals surface area contributed by atoms with Crippen LogP contribution in [0.5, 0.6) is 5.75 Å². The lowest BCUT2D eigenvalue weighted by molar-refractivity contribution is -0.210. The first-order valence-corrected chi connectivity index (χ1v) is 6.89. The fourth-order valence-electron chi connectivity index (χ4n) is 1.36.